The Kier molecular flexibility index (Phi) is 8.98. The third kappa shape index (κ3) is 5.66. The molecule has 3 aromatic rings. The average molecular weight is 471 g/mol. The van der Waals surface area contributed by atoms with E-state index in [1.54, 1.807) is 34.8 Å². The highest BCUT2D eigenvalue weighted by molar-refractivity contribution is 7.13. The van der Waals surface area contributed by atoms with E-state index < -0.39 is 0 Å². The van der Waals surface area contributed by atoms with Crippen molar-refractivity contribution in [1.29, 1.82) is 0 Å². The lowest BCUT2D eigenvalue weighted by Crippen LogP contribution is -2.56. The van der Waals surface area contributed by atoms with Crippen molar-refractivity contribution >= 4 is 42.1 Å². The van der Waals surface area contributed by atoms with E-state index >= 15 is 0 Å². The van der Waals surface area contributed by atoms with Crippen LogP contribution in [0.1, 0.15) is 10.5 Å². The first-order valence-corrected chi connectivity index (χ1v) is 9.84. The molecule has 2 aromatic heterocycles. The molecule has 0 spiro atoms. The zero-order valence-electron chi connectivity index (χ0n) is 15.9. The SMILES string of the molecule is Cl.Cl.O=C(c1csc(-c2ccc(F)cc2)n1)N1CCNCC1COc1cccnc1. The Morgan fingerprint density at radius 2 is 2.07 bits per heavy atom. The van der Waals surface area contributed by atoms with E-state index in [0.29, 0.717) is 36.1 Å². The predicted molar refractivity (Wildman–Crippen MR) is 119 cm³/mol. The van der Waals surface area contributed by atoms with Gasteiger partial charge in [-0.1, -0.05) is 0 Å². The lowest BCUT2D eigenvalue weighted by Gasteiger charge is -2.35. The number of ether oxygens (including phenoxy) is 1. The summed E-state index contributed by atoms with van der Waals surface area (Å²) in [6.07, 6.45) is 3.34. The van der Waals surface area contributed by atoms with Crippen LogP contribution in [0.4, 0.5) is 4.39 Å². The van der Waals surface area contributed by atoms with Gasteiger partial charge in [0.1, 0.15) is 28.9 Å². The van der Waals surface area contributed by atoms with Crippen LogP contribution in [-0.2, 0) is 0 Å². The standard InChI is InChI=1S/C20H19FN4O2S.2ClH/c21-15-5-3-14(4-6-15)19-24-18(13-28-19)20(26)25-9-8-23-10-16(25)12-27-17-2-1-7-22-11-17;;/h1-7,11,13,16,23H,8-10,12H2;2*1H. The molecule has 6 nitrogen and oxygen atoms in total. The number of benzene rings is 1. The number of nitrogens with one attached hydrogen (secondary N) is 1. The smallest absolute Gasteiger partial charge is 0.273 e. The van der Waals surface area contributed by atoms with E-state index in [0.717, 1.165) is 12.1 Å². The topological polar surface area (TPSA) is 67.4 Å². The van der Waals surface area contributed by atoms with Crippen molar-refractivity contribution in [3.63, 3.8) is 0 Å². The molecule has 10 heteroatoms. The second kappa shape index (κ2) is 11.2. The van der Waals surface area contributed by atoms with Crippen LogP contribution in [0, 0.1) is 5.82 Å². The number of carbonyl (C=O) groups excluding carboxylic acids is 1. The summed E-state index contributed by atoms with van der Waals surface area (Å²) in [4.78, 5) is 23.3. The van der Waals surface area contributed by atoms with Gasteiger partial charge >= 0.3 is 0 Å². The van der Waals surface area contributed by atoms with Crippen molar-refractivity contribution in [1.82, 2.24) is 20.2 Å². The minimum absolute atomic E-state index is 0. The van der Waals surface area contributed by atoms with Crippen LogP contribution in [0.5, 0.6) is 5.75 Å². The van der Waals surface area contributed by atoms with Crippen molar-refractivity contribution in [2.45, 2.75) is 6.04 Å². The zero-order valence-corrected chi connectivity index (χ0v) is 18.3. The molecule has 1 amide bonds. The van der Waals surface area contributed by atoms with Gasteiger partial charge in [-0.05, 0) is 36.4 Å². The molecule has 1 saturated heterocycles. The van der Waals surface area contributed by atoms with Crippen LogP contribution in [0.2, 0.25) is 0 Å². The van der Waals surface area contributed by atoms with Crippen molar-refractivity contribution < 1.29 is 13.9 Å². The van der Waals surface area contributed by atoms with Crippen LogP contribution in [0.25, 0.3) is 10.6 Å². The Morgan fingerprint density at radius 1 is 1.27 bits per heavy atom. The quantitative estimate of drug-likeness (QED) is 0.615. The molecule has 30 heavy (non-hydrogen) atoms. The Bertz CT molecular complexity index is 943. The fraction of sp³-hybridized carbons (Fsp3) is 0.250. The summed E-state index contributed by atoms with van der Waals surface area (Å²) in [5.41, 5.74) is 1.19. The lowest BCUT2D eigenvalue weighted by molar-refractivity contribution is 0.0554. The van der Waals surface area contributed by atoms with E-state index in [-0.39, 0.29) is 42.6 Å². The highest BCUT2D eigenvalue weighted by Gasteiger charge is 2.29. The first kappa shape index (κ1) is 24.0. The average Bonchev–Trinajstić information content (AvgIpc) is 3.23. The maximum Gasteiger partial charge on any atom is 0.273 e. The summed E-state index contributed by atoms with van der Waals surface area (Å²) in [5, 5.41) is 5.75. The molecule has 0 saturated carbocycles. The number of pyridine rings is 1. The number of carbonyl (C=O) groups is 1. The maximum atomic E-state index is 13.1. The summed E-state index contributed by atoms with van der Waals surface area (Å²) in [5.74, 6) is 0.257. The Morgan fingerprint density at radius 3 is 2.80 bits per heavy atom. The predicted octanol–water partition coefficient (Wildman–Crippen LogP) is 3.68. The normalized spacial score (nSPS) is 15.6. The fourth-order valence-electron chi connectivity index (χ4n) is 3.05. The summed E-state index contributed by atoms with van der Waals surface area (Å²) < 4.78 is 18.9. The van der Waals surface area contributed by atoms with Gasteiger partial charge in [0.05, 0.1) is 12.2 Å². The van der Waals surface area contributed by atoms with Gasteiger partial charge in [-0.25, -0.2) is 9.37 Å². The molecule has 0 radical (unpaired) electrons. The molecule has 1 N–H and O–H groups in total. The highest BCUT2D eigenvalue weighted by atomic mass is 35.5. The van der Waals surface area contributed by atoms with Gasteiger partial charge < -0.3 is 15.0 Å². The third-order valence-corrected chi connectivity index (χ3v) is 5.39. The summed E-state index contributed by atoms with van der Waals surface area (Å²) in [7, 11) is 0. The van der Waals surface area contributed by atoms with E-state index in [9.17, 15) is 9.18 Å². The minimum atomic E-state index is -0.297. The van der Waals surface area contributed by atoms with Gasteiger partial charge in [-0.3, -0.25) is 9.78 Å². The van der Waals surface area contributed by atoms with Gasteiger partial charge in [-0.2, -0.15) is 0 Å². The molecule has 1 atom stereocenters. The van der Waals surface area contributed by atoms with Crippen LogP contribution in [0.3, 0.4) is 0 Å². The number of hydrogen-bond donors (Lipinski definition) is 1. The molecule has 1 aliphatic rings. The number of halogens is 3. The number of rotatable bonds is 5. The molecule has 160 valence electrons. The van der Waals surface area contributed by atoms with Crippen molar-refractivity contribution in [2.75, 3.05) is 26.2 Å². The van der Waals surface area contributed by atoms with E-state index in [1.165, 1.54) is 23.5 Å². The monoisotopic (exact) mass is 470 g/mol. The van der Waals surface area contributed by atoms with Gasteiger partial charge in [0.25, 0.3) is 5.91 Å². The van der Waals surface area contributed by atoms with Gasteiger partial charge in [0.15, 0.2) is 0 Å². The van der Waals surface area contributed by atoms with Crippen LogP contribution >= 0.6 is 36.2 Å². The van der Waals surface area contributed by atoms with Crippen LogP contribution in [0.15, 0.2) is 54.2 Å². The molecule has 1 fully saturated rings. The highest BCUT2D eigenvalue weighted by Crippen LogP contribution is 2.25. The lowest BCUT2D eigenvalue weighted by atomic mass is 10.2. The summed E-state index contributed by atoms with van der Waals surface area (Å²) in [6, 6.07) is 9.66. The molecular formula is C20H21Cl2FN4O2S. The Balaban J connectivity index is 0.00000160. The molecule has 4 rings (SSSR count). The second-order valence-corrected chi connectivity index (χ2v) is 7.26. The van der Waals surface area contributed by atoms with Crippen molar-refractivity contribution in [3.8, 4) is 16.3 Å². The number of thiazole rings is 1. The summed E-state index contributed by atoms with van der Waals surface area (Å²) >= 11 is 1.38. The molecule has 1 unspecified atom stereocenters. The van der Waals surface area contributed by atoms with E-state index in [2.05, 4.69) is 15.3 Å². The number of amides is 1. The first-order chi connectivity index (χ1) is 13.7. The zero-order chi connectivity index (χ0) is 19.3. The van der Waals surface area contributed by atoms with Crippen LogP contribution in [-0.4, -0.2) is 53.1 Å². The first-order valence-electron chi connectivity index (χ1n) is 8.97. The van der Waals surface area contributed by atoms with Crippen molar-refractivity contribution in [3.05, 3.63) is 65.7 Å². The number of piperazine rings is 1. The summed E-state index contributed by atoms with van der Waals surface area (Å²) in [6.45, 7) is 2.34. The van der Waals surface area contributed by atoms with Gasteiger partial charge in [-0.15, -0.1) is 36.2 Å². The third-order valence-electron chi connectivity index (χ3n) is 4.50. The van der Waals surface area contributed by atoms with Crippen molar-refractivity contribution in [2.24, 2.45) is 0 Å². The minimum Gasteiger partial charge on any atom is -0.490 e. The van der Waals surface area contributed by atoms with Gasteiger partial charge in [0, 0.05) is 36.8 Å². The van der Waals surface area contributed by atoms with Gasteiger partial charge in [0.2, 0.25) is 0 Å². The second-order valence-electron chi connectivity index (χ2n) is 6.40. The Labute approximate surface area is 190 Å². The number of hydrogen-bond acceptors (Lipinski definition) is 6. The largest absolute Gasteiger partial charge is 0.490 e. The molecule has 1 aliphatic heterocycles. The number of nitrogens with zero attached hydrogens (tertiary/aromatic N) is 3. The Hall–Kier alpha value is -2.26. The molecule has 3 heterocycles. The molecule has 0 bridgehead atoms. The fourth-order valence-corrected chi connectivity index (χ4v) is 3.85. The van der Waals surface area contributed by atoms with E-state index in [1.807, 2.05) is 12.1 Å². The maximum absolute atomic E-state index is 13.1. The molecule has 0 aliphatic carbocycles. The molecule has 1 aromatic carbocycles. The number of aromatic nitrogens is 2. The molecular weight excluding hydrogens is 450 g/mol. The van der Waals surface area contributed by atoms with Crippen LogP contribution < -0.4 is 10.1 Å². The van der Waals surface area contributed by atoms with E-state index in [4.69, 9.17) is 4.74 Å².